The fourth-order valence-electron chi connectivity index (χ4n) is 2.15. The molecule has 2 rings (SSSR count). The van der Waals surface area contributed by atoms with Crippen LogP contribution in [0.5, 0.6) is 0 Å². The molecule has 1 amide bonds. The minimum atomic E-state index is -1.64. The Morgan fingerprint density at radius 2 is 1.86 bits per heavy atom. The second-order valence-corrected chi connectivity index (χ2v) is 11.4. The van der Waals surface area contributed by atoms with Gasteiger partial charge in [-0.25, -0.2) is 0 Å². The summed E-state index contributed by atoms with van der Waals surface area (Å²) in [5, 5.41) is 4.54. The molecular formula is C16H19ClN2OSi. The zero-order chi connectivity index (χ0) is 15.5. The van der Waals surface area contributed by atoms with Gasteiger partial charge in [0.15, 0.2) is 0 Å². The molecule has 0 aliphatic heterocycles. The number of nitrogens with one attached hydrogen (secondary N) is 1. The highest BCUT2D eigenvalue weighted by atomic mass is 35.5. The highest BCUT2D eigenvalue weighted by Crippen LogP contribution is 2.17. The van der Waals surface area contributed by atoms with E-state index in [1.54, 1.807) is 18.5 Å². The Bertz CT molecular complexity index is 638. The maximum Gasteiger partial charge on any atom is 0.252 e. The second-order valence-electron chi connectivity index (χ2n) is 5.95. The van der Waals surface area contributed by atoms with Gasteiger partial charge < -0.3 is 5.32 Å². The highest BCUT2D eigenvalue weighted by molar-refractivity contribution is 6.89. The molecule has 0 aliphatic rings. The Morgan fingerprint density at radius 1 is 1.19 bits per heavy atom. The smallest absolute Gasteiger partial charge is 0.252 e. The summed E-state index contributed by atoms with van der Waals surface area (Å²) in [4.78, 5) is 16.5. The lowest BCUT2D eigenvalue weighted by atomic mass is 10.2. The van der Waals surface area contributed by atoms with Gasteiger partial charge in [0.2, 0.25) is 0 Å². The molecule has 21 heavy (non-hydrogen) atoms. The van der Waals surface area contributed by atoms with Crippen molar-refractivity contribution in [3.8, 4) is 0 Å². The SMILES string of the molecule is C[Si](C)(C)c1cccc(Cl)c1C(=O)NCc1ccncc1. The van der Waals surface area contributed by atoms with Crippen molar-refractivity contribution in [1.29, 1.82) is 0 Å². The molecule has 1 aromatic heterocycles. The fraction of sp³-hybridized carbons (Fsp3) is 0.250. The summed E-state index contributed by atoms with van der Waals surface area (Å²) >= 11 is 6.26. The molecule has 0 atom stereocenters. The first kappa shape index (κ1) is 15.7. The number of amides is 1. The lowest BCUT2D eigenvalue weighted by Crippen LogP contribution is -2.43. The predicted molar refractivity (Wildman–Crippen MR) is 89.8 cm³/mol. The molecule has 5 heteroatoms. The molecule has 2 aromatic rings. The Hall–Kier alpha value is -1.65. The number of nitrogens with zero attached hydrogens (tertiary/aromatic N) is 1. The number of benzene rings is 1. The molecule has 0 aliphatic carbocycles. The van der Waals surface area contributed by atoms with Crippen molar-refractivity contribution in [2.75, 3.05) is 0 Å². The average molecular weight is 319 g/mol. The monoisotopic (exact) mass is 318 g/mol. The summed E-state index contributed by atoms with van der Waals surface area (Å²) in [7, 11) is -1.64. The van der Waals surface area contributed by atoms with E-state index in [4.69, 9.17) is 11.6 Å². The normalized spacial score (nSPS) is 11.2. The molecule has 1 heterocycles. The van der Waals surface area contributed by atoms with E-state index in [1.165, 1.54) is 0 Å². The van der Waals surface area contributed by atoms with E-state index >= 15 is 0 Å². The number of carbonyl (C=O) groups is 1. The molecule has 0 saturated carbocycles. The number of hydrogen-bond acceptors (Lipinski definition) is 2. The fourth-order valence-corrected chi connectivity index (χ4v) is 4.09. The lowest BCUT2D eigenvalue weighted by Gasteiger charge is -2.21. The van der Waals surface area contributed by atoms with E-state index in [1.807, 2.05) is 24.3 Å². The Kier molecular flexibility index (Phi) is 4.80. The van der Waals surface area contributed by atoms with Crippen LogP contribution in [0.15, 0.2) is 42.7 Å². The number of hydrogen-bond donors (Lipinski definition) is 1. The highest BCUT2D eigenvalue weighted by Gasteiger charge is 2.25. The van der Waals surface area contributed by atoms with E-state index in [9.17, 15) is 4.79 Å². The first-order valence-electron chi connectivity index (χ1n) is 6.85. The zero-order valence-electron chi connectivity index (χ0n) is 12.5. The van der Waals surface area contributed by atoms with Gasteiger partial charge in [-0.1, -0.05) is 43.4 Å². The average Bonchev–Trinajstić information content (AvgIpc) is 2.44. The van der Waals surface area contributed by atoms with Crippen molar-refractivity contribution >= 4 is 30.8 Å². The second kappa shape index (κ2) is 6.41. The molecule has 0 radical (unpaired) electrons. The molecule has 0 bridgehead atoms. The van der Waals surface area contributed by atoms with Gasteiger partial charge in [-0.15, -0.1) is 0 Å². The van der Waals surface area contributed by atoms with Crippen molar-refractivity contribution in [2.45, 2.75) is 26.2 Å². The standard InChI is InChI=1S/C16H19ClN2OSi/c1-21(2,3)14-6-4-5-13(17)15(14)16(20)19-11-12-7-9-18-10-8-12/h4-10H,11H2,1-3H3,(H,19,20). The van der Waals surface area contributed by atoms with Crippen LogP contribution >= 0.6 is 11.6 Å². The van der Waals surface area contributed by atoms with E-state index < -0.39 is 8.07 Å². The van der Waals surface area contributed by atoms with Gasteiger partial charge in [-0.05, 0) is 28.9 Å². The quantitative estimate of drug-likeness (QED) is 0.880. The third-order valence-corrected chi connectivity index (χ3v) is 5.60. The first-order chi connectivity index (χ1) is 9.89. The maximum atomic E-state index is 12.5. The van der Waals surface area contributed by atoms with Crippen LogP contribution in [0.2, 0.25) is 24.7 Å². The summed E-state index contributed by atoms with van der Waals surface area (Å²) in [5.74, 6) is -0.116. The molecule has 3 nitrogen and oxygen atoms in total. The van der Waals surface area contributed by atoms with Crippen molar-refractivity contribution in [2.24, 2.45) is 0 Å². The molecule has 110 valence electrons. The van der Waals surface area contributed by atoms with Crippen molar-refractivity contribution in [1.82, 2.24) is 10.3 Å². The van der Waals surface area contributed by atoms with Gasteiger partial charge in [0, 0.05) is 18.9 Å². The summed E-state index contributed by atoms with van der Waals surface area (Å²) in [6, 6.07) is 9.46. The predicted octanol–water partition coefficient (Wildman–Crippen LogP) is 3.21. The van der Waals surface area contributed by atoms with Crippen LogP contribution in [-0.4, -0.2) is 19.0 Å². The maximum absolute atomic E-state index is 12.5. The van der Waals surface area contributed by atoms with E-state index in [-0.39, 0.29) is 5.91 Å². The molecule has 0 unspecified atom stereocenters. The van der Waals surface area contributed by atoms with Crippen LogP contribution < -0.4 is 10.5 Å². The molecular weight excluding hydrogens is 300 g/mol. The van der Waals surface area contributed by atoms with E-state index in [0.29, 0.717) is 17.1 Å². The zero-order valence-corrected chi connectivity index (χ0v) is 14.2. The third-order valence-electron chi connectivity index (χ3n) is 3.25. The first-order valence-corrected chi connectivity index (χ1v) is 10.7. The van der Waals surface area contributed by atoms with Crippen LogP contribution in [0.25, 0.3) is 0 Å². The van der Waals surface area contributed by atoms with E-state index in [0.717, 1.165) is 10.8 Å². The van der Waals surface area contributed by atoms with Crippen molar-refractivity contribution in [3.05, 3.63) is 58.9 Å². The van der Waals surface area contributed by atoms with Crippen molar-refractivity contribution < 1.29 is 4.79 Å². The molecule has 1 N–H and O–H groups in total. The van der Waals surface area contributed by atoms with Crippen LogP contribution in [-0.2, 0) is 6.54 Å². The van der Waals surface area contributed by atoms with Gasteiger partial charge in [0.25, 0.3) is 5.91 Å². The van der Waals surface area contributed by atoms with Crippen molar-refractivity contribution in [3.63, 3.8) is 0 Å². The summed E-state index contributed by atoms with van der Waals surface area (Å²) < 4.78 is 0. The van der Waals surface area contributed by atoms with Gasteiger partial charge >= 0.3 is 0 Å². The van der Waals surface area contributed by atoms with Crippen LogP contribution in [0.3, 0.4) is 0 Å². The summed E-state index contributed by atoms with van der Waals surface area (Å²) in [5.41, 5.74) is 1.63. The lowest BCUT2D eigenvalue weighted by molar-refractivity contribution is 0.0952. The van der Waals surface area contributed by atoms with Crippen LogP contribution in [0, 0.1) is 0 Å². The minimum absolute atomic E-state index is 0.116. The number of halogens is 1. The molecule has 0 spiro atoms. The topological polar surface area (TPSA) is 42.0 Å². The van der Waals surface area contributed by atoms with Crippen LogP contribution in [0.4, 0.5) is 0 Å². The van der Waals surface area contributed by atoms with E-state index in [2.05, 4.69) is 29.9 Å². The van der Waals surface area contributed by atoms with Crippen LogP contribution in [0.1, 0.15) is 15.9 Å². The third kappa shape index (κ3) is 3.92. The summed E-state index contributed by atoms with van der Waals surface area (Å²) in [6.45, 7) is 7.09. The van der Waals surface area contributed by atoms with Gasteiger partial charge in [-0.3, -0.25) is 9.78 Å². The van der Waals surface area contributed by atoms with Gasteiger partial charge in [-0.2, -0.15) is 0 Å². The number of rotatable bonds is 4. The summed E-state index contributed by atoms with van der Waals surface area (Å²) in [6.07, 6.45) is 3.43. The van der Waals surface area contributed by atoms with Gasteiger partial charge in [0.1, 0.15) is 0 Å². The Morgan fingerprint density at radius 3 is 2.48 bits per heavy atom. The molecule has 0 saturated heterocycles. The molecule has 1 aromatic carbocycles. The minimum Gasteiger partial charge on any atom is -0.348 e. The number of aromatic nitrogens is 1. The Labute approximate surface area is 131 Å². The number of carbonyl (C=O) groups excluding carboxylic acids is 1. The largest absolute Gasteiger partial charge is 0.348 e. The Balaban J connectivity index is 2.23. The molecule has 0 fully saturated rings. The van der Waals surface area contributed by atoms with Gasteiger partial charge in [0.05, 0.1) is 18.7 Å². The number of pyridine rings is 1.